The fourth-order valence-corrected chi connectivity index (χ4v) is 2.84. The molecule has 1 atom stereocenters. The van der Waals surface area contributed by atoms with Gasteiger partial charge < -0.3 is 4.90 Å². The van der Waals surface area contributed by atoms with Crippen molar-refractivity contribution in [2.45, 2.75) is 39.5 Å². The van der Waals surface area contributed by atoms with Crippen LogP contribution in [0.2, 0.25) is 0 Å². The van der Waals surface area contributed by atoms with Crippen molar-refractivity contribution in [1.29, 1.82) is 0 Å². The number of nitrogens with zero attached hydrogens (tertiary/aromatic N) is 1. The molecule has 1 heterocycles. The quantitative estimate of drug-likeness (QED) is 0.801. The first-order chi connectivity index (χ1) is 8.66. The van der Waals surface area contributed by atoms with E-state index in [0.717, 1.165) is 25.9 Å². The largest absolute Gasteiger partial charge is 0.343 e. The van der Waals surface area contributed by atoms with Gasteiger partial charge in [0.25, 0.3) is 0 Å². The molecule has 0 aliphatic carbocycles. The number of hydrogen-bond donors (Lipinski definition) is 0. The zero-order chi connectivity index (χ0) is 13.0. The van der Waals surface area contributed by atoms with Crippen LogP contribution in [0.25, 0.3) is 0 Å². The van der Waals surface area contributed by atoms with Crippen molar-refractivity contribution in [1.82, 2.24) is 4.90 Å². The fraction of sp³-hybridized carbons (Fsp3) is 0.562. The molecule has 1 aromatic rings. The molecular formula is C16H23NO. The minimum absolute atomic E-state index is 0.232. The molecule has 1 aromatic carbocycles. The van der Waals surface area contributed by atoms with Crippen LogP contribution in [0.4, 0.5) is 0 Å². The van der Waals surface area contributed by atoms with Gasteiger partial charge in [0.2, 0.25) is 5.91 Å². The van der Waals surface area contributed by atoms with Gasteiger partial charge in [0.15, 0.2) is 0 Å². The Morgan fingerprint density at radius 2 is 2.17 bits per heavy atom. The Kier molecular flexibility index (Phi) is 4.40. The van der Waals surface area contributed by atoms with Crippen LogP contribution in [0.5, 0.6) is 0 Å². The van der Waals surface area contributed by atoms with Gasteiger partial charge in [-0.1, -0.05) is 24.3 Å². The summed E-state index contributed by atoms with van der Waals surface area (Å²) in [6, 6.07) is 8.61. The molecular weight excluding hydrogens is 222 g/mol. The van der Waals surface area contributed by atoms with Gasteiger partial charge in [-0.3, -0.25) is 4.79 Å². The summed E-state index contributed by atoms with van der Waals surface area (Å²) in [7, 11) is 0. The molecule has 0 bridgehead atoms. The van der Waals surface area contributed by atoms with Gasteiger partial charge in [-0.15, -0.1) is 0 Å². The van der Waals surface area contributed by atoms with E-state index in [4.69, 9.17) is 0 Å². The molecule has 98 valence electrons. The smallest absolute Gasteiger partial charge is 0.219 e. The number of aryl methyl sites for hydroxylation is 2. The summed E-state index contributed by atoms with van der Waals surface area (Å²) in [5, 5.41) is 0. The number of rotatable bonds is 3. The number of hydrogen-bond acceptors (Lipinski definition) is 1. The molecule has 1 fully saturated rings. The number of benzene rings is 1. The highest BCUT2D eigenvalue weighted by atomic mass is 16.2. The number of carbonyl (C=O) groups excluding carboxylic acids is 1. The summed E-state index contributed by atoms with van der Waals surface area (Å²) in [4.78, 5) is 13.4. The molecule has 1 amide bonds. The van der Waals surface area contributed by atoms with E-state index in [1.165, 1.54) is 24.0 Å². The first-order valence-corrected chi connectivity index (χ1v) is 6.97. The van der Waals surface area contributed by atoms with Crippen molar-refractivity contribution < 1.29 is 4.79 Å². The first kappa shape index (κ1) is 13.1. The van der Waals surface area contributed by atoms with Gasteiger partial charge in [-0.2, -0.15) is 0 Å². The summed E-state index contributed by atoms with van der Waals surface area (Å²) in [5.41, 5.74) is 2.84. The van der Waals surface area contributed by atoms with Crippen LogP contribution in [-0.2, 0) is 11.2 Å². The second-order valence-electron chi connectivity index (χ2n) is 5.44. The lowest BCUT2D eigenvalue weighted by Gasteiger charge is -2.32. The zero-order valence-electron chi connectivity index (χ0n) is 11.5. The first-order valence-electron chi connectivity index (χ1n) is 6.97. The monoisotopic (exact) mass is 245 g/mol. The molecule has 0 aromatic heterocycles. The Morgan fingerprint density at radius 1 is 1.39 bits per heavy atom. The third kappa shape index (κ3) is 3.34. The van der Waals surface area contributed by atoms with Crippen molar-refractivity contribution in [2.24, 2.45) is 5.92 Å². The number of likely N-dealkylation sites (tertiary alicyclic amines) is 1. The molecule has 1 saturated heterocycles. The van der Waals surface area contributed by atoms with E-state index in [0.29, 0.717) is 5.92 Å². The summed E-state index contributed by atoms with van der Waals surface area (Å²) in [5.74, 6) is 0.915. The van der Waals surface area contributed by atoms with E-state index in [-0.39, 0.29) is 5.91 Å². The SMILES string of the molecule is CC(=O)N1CCC[C@@H](CCc2ccccc2C)C1. The Hall–Kier alpha value is -1.31. The number of piperidine rings is 1. The number of amides is 1. The molecule has 18 heavy (non-hydrogen) atoms. The Balaban J connectivity index is 1.87. The van der Waals surface area contributed by atoms with Crippen LogP contribution in [0, 0.1) is 12.8 Å². The molecule has 0 N–H and O–H groups in total. The van der Waals surface area contributed by atoms with E-state index < -0.39 is 0 Å². The maximum absolute atomic E-state index is 11.4. The van der Waals surface area contributed by atoms with E-state index in [1.54, 1.807) is 6.92 Å². The highest BCUT2D eigenvalue weighted by Gasteiger charge is 2.21. The topological polar surface area (TPSA) is 20.3 Å². The van der Waals surface area contributed by atoms with Gasteiger partial charge in [0.05, 0.1) is 0 Å². The van der Waals surface area contributed by atoms with Crippen molar-refractivity contribution in [3.05, 3.63) is 35.4 Å². The van der Waals surface area contributed by atoms with Crippen LogP contribution in [-0.4, -0.2) is 23.9 Å². The van der Waals surface area contributed by atoms with Crippen LogP contribution >= 0.6 is 0 Å². The van der Waals surface area contributed by atoms with Crippen molar-refractivity contribution in [3.8, 4) is 0 Å². The molecule has 0 radical (unpaired) electrons. The lowest BCUT2D eigenvalue weighted by Crippen LogP contribution is -2.38. The van der Waals surface area contributed by atoms with Crippen LogP contribution in [0.3, 0.4) is 0 Å². The molecule has 0 saturated carbocycles. The van der Waals surface area contributed by atoms with Gasteiger partial charge in [-0.05, 0) is 49.7 Å². The molecule has 1 aliphatic heterocycles. The van der Waals surface area contributed by atoms with Crippen molar-refractivity contribution >= 4 is 5.91 Å². The molecule has 2 rings (SSSR count). The fourth-order valence-electron chi connectivity index (χ4n) is 2.84. The Morgan fingerprint density at radius 3 is 2.89 bits per heavy atom. The third-order valence-electron chi connectivity index (χ3n) is 4.05. The summed E-state index contributed by atoms with van der Waals surface area (Å²) in [6.45, 7) is 5.78. The second-order valence-corrected chi connectivity index (χ2v) is 5.44. The predicted molar refractivity (Wildman–Crippen MR) is 74.5 cm³/mol. The molecule has 1 aliphatic rings. The van der Waals surface area contributed by atoms with E-state index >= 15 is 0 Å². The second kappa shape index (κ2) is 6.03. The van der Waals surface area contributed by atoms with Gasteiger partial charge in [0, 0.05) is 20.0 Å². The van der Waals surface area contributed by atoms with E-state index in [1.807, 2.05) is 4.90 Å². The zero-order valence-corrected chi connectivity index (χ0v) is 11.5. The lowest BCUT2D eigenvalue weighted by molar-refractivity contribution is -0.130. The van der Waals surface area contributed by atoms with E-state index in [9.17, 15) is 4.79 Å². The molecule has 0 spiro atoms. The van der Waals surface area contributed by atoms with Gasteiger partial charge >= 0.3 is 0 Å². The minimum Gasteiger partial charge on any atom is -0.343 e. The normalized spacial score (nSPS) is 19.9. The van der Waals surface area contributed by atoms with E-state index in [2.05, 4.69) is 31.2 Å². The molecule has 2 nitrogen and oxygen atoms in total. The Labute approximate surface area is 110 Å². The minimum atomic E-state index is 0.232. The summed E-state index contributed by atoms with van der Waals surface area (Å²) < 4.78 is 0. The van der Waals surface area contributed by atoms with Crippen molar-refractivity contribution in [3.63, 3.8) is 0 Å². The Bertz CT molecular complexity index is 413. The standard InChI is InChI=1S/C16H23NO/c1-13-6-3-4-8-16(13)10-9-15-7-5-11-17(12-15)14(2)18/h3-4,6,8,15H,5,7,9-12H2,1-2H3/t15-/m0/s1. The number of carbonyl (C=O) groups is 1. The average Bonchev–Trinajstić information content (AvgIpc) is 2.38. The third-order valence-corrected chi connectivity index (χ3v) is 4.05. The molecule has 2 heteroatoms. The average molecular weight is 245 g/mol. The lowest BCUT2D eigenvalue weighted by atomic mass is 9.90. The highest BCUT2D eigenvalue weighted by Crippen LogP contribution is 2.22. The maximum Gasteiger partial charge on any atom is 0.219 e. The summed E-state index contributed by atoms with van der Waals surface area (Å²) in [6.07, 6.45) is 4.78. The van der Waals surface area contributed by atoms with Crippen LogP contribution < -0.4 is 0 Å². The van der Waals surface area contributed by atoms with Crippen LogP contribution in [0.1, 0.15) is 37.3 Å². The highest BCUT2D eigenvalue weighted by molar-refractivity contribution is 5.73. The van der Waals surface area contributed by atoms with Crippen molar-refractivity contribution in [2.75, 3.05) is 13.1 Å². The predicted octanol–water partition coefficient (Wildman–Crippen LogP) is 3.19. The van der Waals surface area contributed by atoms with Crippen LogP contribution in [0.15, 0.2) is 24.3 Å². The van der Waals surface area contributed by atoms with Gasteiger partial charge in [0.1, 0.15) is 0 Å². The summed E-state index contributed by atoms with van der Waals surface area (Å²) >= 11 is 0. The molecule has 0 unspecified atom stereocenters. The maximum atomic E-state index is 11.4. The van der Waals surface area contributed by atoms with Gasteiger partial charge in [-0.25, -0.2) is 0 Å².